The molecule has 0 unspecified atom stereocenters. The number of fused-ring (bicyclic) bond motifs is 1. The number of piperazine rings is 1. The van der Waals surface area contributed by atoms with E-state index in [1.54, 1.807) is 6.20 Å². The van der Waals surface area contributed by atoms with Gasteiger partial charge in [-0.15, -0.1) is 0 Å². The summed E-state index contributed by atoms with van der Waals surface area (Å²) in [5.74, 6) is 0.227. The highest BCUT2D eigenvalue weighted by Gasteiger charge is 2.23. The molecule has 2 aromatic rings. The second-order valence-corrected chi connectivity index (χ2v) is 7.10. The average Bonchev–Trinajstić information content (AvgIpc) is 2.65. The van der Waals surface area contributed by atoms with Gasteiger partial charge in [-0.2, -0.15) is 0 Å². The van der Waals surface area contributed by atoms with Crippen LogP contribution in [0.3, 0.4) is 0 Å². The van der Waals surface area contributed by atoms with Gasteiger partial charge >= 0.3 is 0 Å². The van der Waals surface area contributed by atoms with E-state index in [9.17, 15) is 4.79 Å². The lowest BCUT2D eigenvalue weighted by Crippen LogP contribution is -2.51. The molecule has 0 atom stereocenters. The van der Waals surface area contributed by atoms with E-state index in [-0.39, 0.29) is 5.91 Å². The van der Waals surface area contributed by atoms with Crippen LogP contribution in [0.15, 0.2) is 29.0 Å². The summed E-state index contributed by atoms with van der Waals surface area (Å²) in [6.07, 6.45) is 3.63. The SMILES string of the molecule is CCN(CC)CC(=O)N1CCN(c2ccnc3cc(Br)cnc23)CC1. The summed E-state index contributed by atoms with van der Waals surface area (Å²) in [5.41, 5.74) is 2.88. The largest absolute Gasteiger partial charge is 0.366 e. The summed E-state index contributed by atoms with van der Waals surface area (Å²) >= 11 is 3.44. The molecule has 134 valence electrons. The summed E-state index contributed by atoms with van der Waals surface area (Å²) in [6, 6.07) is 3.99. The van der Waals surface area contributed by atoms with Crippen molar-refractivity contribution in [2.45, 2.75) is 13.8 Å². The van der Waals surface area contributed by atoms with Crippen molar-refractivity contribution < 1.29 is 4.79 Å². The fourth-order valence-electron chi connectivity index (χ4n) is 3.18. The molecular formula is C18H24BrN5O. The molecule has 25 heavy (non-hydrogen) atoms. The Bertz CT molecular complexity index is 741. The van der Waals surface area contributed by atoms with Gasteiger partial charge in [0.15, 0.2) is 0 Å². The molecule has 0 spiro atoms. The Kier molecular flexibility index (Phi) is 5.86. The van der Waals surface area contributed by atoms with Crippen molar-refractivity contribution in [2.24, 2.45) is 0 Å². The van der Waals surface area contributed by atoms with Gasteiger partial charge in [0.25, 0.3) is 0 Å². The van der Waals surface area contributed by atoms with E-state index in [1.807, 2.05) is 23.2 Å². The lowest BCUT2D eigenvalue weighted by molar-refractivity contribution is -0.132. The van der Waals surface area contributed by atoms with Crippen LogP contribution in [0.2, 0.25) is 0 Å². The summed E-state index contributed by atoms with van der Waals surface area (Å²) in [6.45, 7) is 9.66. The first kappa shape index (κ1) is 18.1. The minimum atomic E-state index is 0.227. The first-order valence-corrected chi connectivity index (χ1v) is 9.57. The number of nitrogens with zero attached hydrogens (tertiary/aromatic N) is 5. The van der Waals surface area contributed by atoms with Gasteiger partial charge in [-0.3, -0.25) is 19.7 Å². The Morgan fingerprint density at radius 2 is 1.92 bits per heavy atom. The van der Waals surface area contributed by atoms with E-state index in [4.69, 9.17) is 0 Å². The number of amides is 1. The maximum Gasteiger partial charge on any atom is 0.236 e. The number of rotatable bonds is 5. The summed E-state index contributed by atoms with van der Waals surface area (Å²) in [4.78, 5) is 27.8. The Hall–Kier alpha value is -1.73. The Labute approximate surface area is 157 Å². The van der Waals surface area contributed by atoms with Crippen molar-refractivity contribution >= 4 is 38.6 Å². The molecule has 1 amide bonds. The zero-order chi connectivity index (χ0) is 17.8. The van der Waals surface area contributed by atoms with Gasteiger partial charge in [0.2, 0.25) is 5.91 Å². The molecule has 0 aliphatic carbocycles. The highest BCUT2D eigenvalue weighted by Crippen LogP contribution is 2.26. The van der Waals surface area contributed by atoms with Crippen molar-refractivity contribution in [3.63, 3.8) is 0 Å². The minimum absolute atomic E-state index is 0.227. The number of halogens is 1. The number of carbonyl (C=O) groups excluding carboxylic acids is 1. The quantitative estimate of drug-likeness (QED) is 0.764. The van der Waals surface area contributed by atoms with Gasteiger partial charge in [0.05, 0.1) is 17.7 Å². The maximum absolute atomic E-state index is 12.5. The summed E-state index contributed by atoms with van der Waals surface area (Å²) in [5, 5.41) is 0. The fourth-order valence-corrected chi connectivity index (χ4v) is 3.50. The highest BCUT2D eigenvalue weighted by molar-refractivity contribution is 9.10. The van der Waals surface area contributed by atoms with Gasteiger partial charge in [-0.05, 0) is 41.2 Å². The van der Waals surface area contributed by atoms with Crippen LogP contribution in [0.1, 0.15) is 13.8 Å². The molecule has 0 saturated carbocycles. The second kappa shape index (κ2) is 8.10. The Morgan fingerprint density at radius 1 is 1.20 bits per heavy atom. The topological polar surface area (TPSA) is 52.6 Å². The minimum Gasteiger partial charge on any atom is -0.366 e. The Balaban J connectivity index is 1.68. The molecule has 0 radical (unpaired) electrons. The third kappa shape index (κ3) is 4.10. The van der Waals surface area contributed by atoms with E-state index in [0.717, 1.165) is 60.5 Å². The monoisotopic (exact) mass is 405 g/mol. The fraction of sp³-hybridized carbons (Fsp3) is 0.500. The van der Waals surface area contributed by atoms with E-state index in [1.165, 1.54) is 0 Å². The number of likely N-dealkylation sites (N-methyl/N-ethyl adjacent to an activating group) is 1. The molecule has 0 N–H and O–H groups in total. The second-order valence-electron chi connectivity index (χ2n) is 6.18. The van der Waals surface area contributed by atoms with E-state index in [0.29, 0.717) is 6.54 Å². The predicted molar refractivity (Wildman–Crippen MR) is 104 cm³/mol. The highest BCUT2D eigenvalue weighted by atomic mass is 79.9. The van der Waals surface area contributed by atoms with Crippen molar-refractivity contribution in [1.29, 1.82) is 0 Å². The van der Waals surface area contributed by atoms with Crippen molar-refractivity contribution in [3.05, 3.63) is 29.0 Å². The van der Waals surface area contributed by atoms with Gasteiger partial charge in [0.1, 0.15) is 5.52 Å². The third-order valence-electron chi connectivity index (χ3n) is 4.75. The van der Waals surface area contributed by atoms with Crippen molar-refractivity contribution in [1.82, 2.24) is 19.8 Å². The molecule has 6 nitrogen and oxygen atoms in total. The standard InChI is InChI=1S/C18H24BrN5O/c1-3-22(4-2)13-17(25)24-9-7-23(8-10-24)16-5-6-20-15-11-14(19)12-21-18(15)16/h5-6,11-12H,3-4,7-10,13H2,1-2H3. The molecule has 1 aliphatic rings. The molecule has 1 saturated heterocycles. The van der Waals surface area contributed by atoms with Crippen molar-refractivity contribution in [2.75, 3.05) is 50.7 Å². The normalized spacial score (nSPS) is 15.2. The number of aromatic nitrogens is 2. The van der Waals surface area contributed by atoms with E-state index < -0.39 is 0 Å². The number of pyridine rings is 2. The van der Waals surface area contributed by atoms with Crippen LogP contribution in [0.5, 0.6) is 0 Å². The summed E-state index contributed by atoms with van der Waals surface area (Å²) < 4.78 is 0.927. The van der Waals surface area contributed by atoms with Crippen LogP contribution in [0.25, 0.3) is 11.0 Å². The number of hydrogen-bond acceptors (Lipinski definition) is 5. The van der Waals surface area contributed by atoms with Gasteiger partial charge in [-0.1, -0.05) is 13.8 Å². The van der Waals surface area contributed by atoms with Crippen LogP contribution in [-0.2, 0) is 4.79 Å². The zero-order valence-corrected chi connectivity index (χ0v) is 16.4. The zero-order valence-electron chi connectivity index (χ0n) is 14.8. The number of anilines is 1. The molecular weight excluding hydrogens is 382 g/mol. The third-order valence-corrected chi connectivity index (χ3v) is 5.18. The van der Waals surface area contributed by atoms with Crippen molar-refractivity contribution in [3.8, 4) is 0 Å². The van der Waals surface area contributed by atoms with Gasteiger partial charge in [0, 0.05) is 43.0 Å². The maximum atomic E-state index is 12.5. The lowest BCUT2D eigenvalue weighted by atomic mass is 10.2. The smallest absolute Gasteiger partial charge is 0.236 e. The first-order valence-electron chi connectivity index (χ1n) is 8.77. The van der Waals surface area contributed by atoms with Crippen LogP contribution < -0.4 is 4.90 Å². The summed E-state index contributed by atoms with van der Waals surface area (Å²) in [7, 11) is 0. The average molecular weight is 406 g/mol. The molecule has 7 heteroatoms. The van der Waals surface area contributed by atoms with Crippen LogP contribution in [-0.4, -0.2) is 71.5 Å². The molecule has 1 fully saturated rings. The lowest BCUT2D eigenvalue weighted by Gasteiger charge is -2.37. The van der Waals surface area contributed by atoms with Crippen LogP contribution >= 0.6 is 15.9 Å². The molecule has 3 heterocycles. The van der Waals surface area contributed by atoms with E-state index >= 15 is 0 Å². The van der Waals surface area contributed by atoms with Gasteiger partial charge < -0.3 is 9.80 Å². The number of hydrogen-bond donors (Lipinski definition) is 0. The predicted octanol–water partition coefficient (Wildman–Crippen LogP) is 2.38. The van der Waals surface area contributed by atoms with E-state index in [2.05, 4.69) is 49.5 Å². The molecule has 3 rings (SSSR count). The molecule has 0 bridgehead atoms. The van der Waals surface area contributed by atoms with Gasteiger partial charge in [-0.25, -0.2) is 0 Å². The van der Waals surface area contributed by atoms with Crippen LogP contribution in [0.4, 0.5) is 5.69 Å². The Morgan fingerprint density at radius 3 is 2.60 bits per heavy atom. The molecule has 2 aromatic heterocycles. The van der Waals surface area contributed by atoms with Crippen LogP contribution in [0, 0.1) is 0 Å². The molecule has 1 aliphatic heterocycles. The molecule has 0 aromatic carbocycles. The first-order chi connectivity index (χ1) is 12.1. The number of carbonyl (C=O) groups is 1.